The zero-order valence-electron chi connectivity index (χ0n) is 7.02. The monoisotopic (exact) mass is 163 g/mol. The summed E-state index contributed by atoms with van der Waals surface area (Å²) in [7, 11) is 1.28. The zero-order valence-corrected chi connectivity index (χ0v) is 7.83. The summed E-state index contributed by atoms with van der Waals surface area (Å²) in [5.41, 5.74) is 0. The van der Waals surface area contributed by atoms with Gasteiger partial charge in [0.15, 0.2) is 0 Å². The molecule has 0 amide bonds. The molecule has 2 unspecified atom stereocenters. The van der Waals surface area contributed by atoms with Crippen molar-refractivity contribution in [2.24, 2.45) is 0 Å². The molecule has 2 atom stereocenters. The molecule has 0 aromatic rings. The second-order valence-corrected chi connectivity index (χ2v) is 4.12. The summed E-state index contributed by atoms with van der Waals surface area (Å²) < 4.78 is 11.1. The van der Waals surface area contributed by atoms with Crippen LogP contribution in [0.1, 0.15) is 20.3 Å². The van der Waals surface area contributed by atoms with Crippen LogP contribution in [-0.4, -0.2) is 28.8 Å². The van der Waals surface area contributed by atoms with Gasteiger partial charge in [0.1, 0.15) is 0 Å². The predicted molar refractivity (Wildman–Crippen MR) is 46.7 cm³/mol. The molecule has 0 aromatic heterocycles. The van der Waals surface area contributed by atoms with Crippen LogP contribution in [0.3, 0.4) is 0 Å². The normalized spacial score (nSPS) is 16.7. The lowest BCUT2D eigenvalue weighted by Gasteiger charge is -2.07. The van der Waals surface area contributed by atoms with E-state index in [1.807, 2.05) is 14.0 Å². The Balaban J connectivity index is 3.37. The van der Waals surface area contributed by atoms with E-state index in [-0.39, 0.29) is 0 Å². The highest BCUT2D eigenvalue weighted by Crippen LogP contribution is 1.90. The molecule has 0 aromatic carbocycles. The molecule has 0 rings (SSSR count). The average molecular weight is 163 g/mol. The Kier molecular flexibility index (Phi) is 5.93. The van der Waals surface area contributed by atoms with E-state index in [4.69, 9.17) is 0 Å². The van der Waals surface area contributed by atoms with Crippen LogP contribution in [0.5, 0.6) is 0 Å². The standard InChI is InChI=1S/C7H17NOS/c1-4-5-10(9)6-7(2)8-3/h7-8H,4-6H2,1-3H3. The van der Waals surface area contributed by atoms with Gasteiger partial charge in [-0.2, -0.15) is 0 Å². The molecule has 0 bridgehead atoms. The lowest BCUT2D eigenvalue weighted by molar-refractivity contribution is 0.645. The fraction of sp³-hybridized carbons (Fsp3) is 1.00. The SMILES string of the molecule is CCCS(=O)CC(C)NC. The van der Waals surface area contributed by atoms with Crippen molar-refractivity contribution in [2.75, 3.05) is 18.6 Å². The first kappa shape index (κ1) is 10.1. The molecule has 0 saturated carbocycles. The third-order valence-corrected chi connectivity index (χ3v) is 3.10. The Morgan fingerprint density at radius 1 is 1.60 bits per heavy atom. The van der Waals surface area contributed by atoms with Crippen LogP contribution in [0.4, 0.5) is 0 Å². The summed E-state index contributed by atoms with van der Waals surface area (Å²) in [5.74, 6) is 1.62. The van der Waals surface area contributed by atoms with Crippen molar-refractivity contribution in [2.45, 2.75) is 26.3 Å². The van der Waals surface area contributed by atoms with Gasteiger partial charge in [0.2, 0.25) is 0 Å². The van der Waals surface area contributed by atoms with Crippen LogP contribution >= 0.6 is 0 Å². The summed E-state index contributed by atoms with van der Waals surface area (Å²) >= 11 is 0. The highest BCUT2D eigenvalue weighted by Gasteiger charge is 2.02. The van der Waals surface area contributed by atoms with E-state index >= 15 is 0 Å². The van der Waals surface area contributed by atoms with E-state index in [1.165, 1.54) is 0 Å². The predicted octanol–water partition coefficient (Wildman–Crippen LogP) is 0.753. The van der Waals surface area contributed by atoms with Crippen LogP contribution in [0.2, 0.25) is 0 Å². The lowest BCUT2D eigenvalue weighted by Crippen LogP contribution is -2.28. The van der Waals surface area contributed by atoms with E-state index in [2.05, 4.69) is 12.2 Å². The average Bonchev–Trinajstić information content (AvgIpc) is 1.88. The highest BCUT2D eigenvalue weighted by molar-refractivity contribution is 7.85. The van der Waals surface area contributed by atoms with Crippen molar-refractivity contribution >= 4 is 10.8 Å². The first-order chi connectivity index (χ1) is 4.70. The molecule has 0 aliphatic heterocycles. The maximum Gasteiger partial charge on any atom is 0.0386 e. The zero-order chi connectivity index (χ0) is 7.98. The molecule has 3 heteroatoms. The molecule has 0 radical (unpaired) electrons. The molecule has 0 fully saturated rings. The summed E-state index contributed by atoms with van der Waals surface area (Å²) in [5, 5.41) is 3.06. The maximum atomic E-state index is 11.1. The van der Waals surface area contributed by atoms with Gasteiger partial charge < -0.3 is 5.32 Å². The maximum absolute atomic E-state index is 11.1. The molecule has 1 N–H and O–H groups in total. The summed E-state index contributed by atoms with van der Waals surface area (Å²) in [4.78, 5) is 0. The third kappa shape index (κ3) is 4.94. The Bertz CT molecular complexity index is 106. The fourth-order valence-corrected chi connectivity index (χ4v) is 2.02. The van der Waals surface area contributed by atoms with Gasteiger partial charge >= 0.3 is 0 Å². The Morgan fingerprint density at radius 3 is 2.60 bits per heavy atom. The van der Waals surface area contributed by atoms with Crippen LogP contribution in [0.15, 0.2) is 0 Å². The van der Waals surface area contributed by atoms with Crippen LogP contribution in [0.25, 0.3) is 0 Å². The topological polar surface area (TPSA) is 29.1 Å². The minimum Gasteiger partial charge on any atom is -0.316 e. The fourth-order valence-electron chi connectivity index (χ4n) is 0.673. The smallest absolute Gasteiger partial charge is 0.0386 e. The molecule has 62 valence electrons. The minimum absolute atomic E-state index is 0.382. The van der Waals surface area contributed by atoms with Crippen molar-refractivity contribution in [1.29, 1.82) is 0 Å². The highest BCUT2D eigenvalue weighted by atomic mass is 32.2. The molecule has 0 saturated heterocycles. The van der Waals surface area contributed by atoms with Gasteiger partial charge in [0, 0.05) is 28.3 Å². The van der Waals surface area contributed by atoms with Gasteiger partial charge in [-0.05, 0) is 20.4 Å². The van der Waals surface area contributed by atoms with Crippen molar-refractivity contribution in [3.63, 3.8) is 0 Å². The van der Waals surface area contributed by atoms with Crippen molar-refractivity contribution in [1.82, 2.24) is 5.32 Å². The lowest BCUT2D eigenvalue weighted by atomic mass is 10.4. The second-order valence-electron chi connectivity index (χ2n) is 2.50. The Labute approximate surface area is 65.9 Å². The van der Waals surface area contributed by atoms with Crippen molar-refractivity contribution in [3.8, 4) is 0 Å². The molecule has 0 aliphatic rings. The molecular formula is C7H17NOS. The molecule has 2 nitrogen and oxygen atoms in total. The van der Waals surface area contributed by atoms with Crippen LogP contribution in [-0.2, 0) is 10.8 Å². The first-order valence-electron chi connectivity index (χ1n) is 3.73. The van der Waals surface area contributed by atoms with Gasteiger partial charge in [-0.3, -0.25) is 4.21 Å². The van der Waals surface area contributed by atoms with E-state index in [1.54, 1.807) is 0 Å². The van der Waals surface area contributed by atoms with E-state index in [0.29, 0.717) is 6.04 Å². The van der Waals surface area contributed by atoms with Gasteiger partial charge in [-0.25, -0.2) is 0 Å². The second kappa shape index (κ2) is 5.86. The molecule has 0 spiro atoms. The number of rotatable bonds is 5. The van der Waals surface area contributed by atoms with E-state index < -0.39 is 10.8 Å². The van der Waals surface area contributed by atoms with Gasteiger partial charge in [0.25, 0.3) is 0 Å². The summed E-state index contributed by atoms with van der Waals surface area (Å²) in [6, 6.07) is 0.382. The Hall–Kier alpha value is 0.110. The van der Waals surface area contributed by atoms with E-state index in [9.17, 15) is 4.21 Å². The largest absolute Gasteiger partial charge is 0.316 e. The van der Waals surface area contributed by atoms with Crippen LogP contribution in [0, 0.1) is 0 Å². The number of hydrogen-bond acceptors (Lipinski definition) is 2. The molecule has 0 aliphatic carbocycles. The number of hydrogen-bond donors (Lipinski definition) is 1. The summed E-state index contributed by atoms with van der Waals surface area (Å²) in [6.45, 7) is 4.11. The molecule has 0 heterocycles. The molecular weight excluding hydrogens is 146 g/mol. The third-order valence-electron chi connectivity index (χ3n) is 1.36. The van der Waals surface area contributed by atoms with Crippen molar-refractivity contribution in [3.05, 3.63) is 0 Å². The van der Waals surface area contributed by atoms with Gasteiger partial charge in [0.05, 0.1) is 0 Å². The van der Waals surface area contributed by atoms with Crippen molar-refractivity contribution < 1.29 is 4.21 Å². The summed E-state index contributed by atoms with van der Waals surface area (Å²) in [6.07, 6.45) is 1.02. The quantitative estimate of drug-likeness (QED) is 0.648. The Morgan fingerprint density at radius 2 is 2.20 bits per heavy atom. The van der Waals surface area contributed by atoms with E-state index in [0.717, 1.165) is 17.9 Å². The van der Waals surface area contributed by atoms with Crippen LogP contribution < -0.4 is 5.32 Å². The first-order valence-corrected chi connectivity index (χ1v) is 5.21. The van der Waals surface area contributed by atoms with Gasteiger partial charge in [-0.1, -0.05) is 6.92 Å². The minimum atomic E-state index is -0.613. The van der Waals surface area contributed by atoms with Gasteiger partial charge in [-0.15, -0.1) is 0 Å². The molecule has 10 heavy (non-hydrogen) atoms. The number of nitrogens with one attached hydrogen (secondary N) is 1.